The summed E-state index contributed by atoms with van der Waals surface area (Å²) in [5, 5.41) is 0. The normalized spacial score (nSPS) is 21.5. The molecule has 1 fully saturated rings. The molecule has 0 saturated carbocycles. The maximum absolute atomic E-state index is 13.9. The van der Waals surface area contributed by atoms with Crippen molar-refractivity contribution in [3.63, 3.8) is 0 Å². The van der Waals surface area contributed by atoms with Gasteiger partial charge in [0.15, 0.2) is 11.5 Å². The van der Waals surface area contributed by atoms with Gasteiger partial charge in [0.2, 0.25) is 5.91 Å². The number of nitrogens with two attached hydrogens (primary N) is 1. The van der Waals surface area contributed by atoms with Gasteiger partial charge >= 0.3 is 0 Å². The third kappa shape index (κ3) is 4.52. The van der Waals surface area contributed by atoms with Crippen molar-refractivity contribution >= 4 is 23.7 Å². The Morgan fingerprint density at radius 1 is 1.06 bits per heavy atom. The molecule has 8 nitrogen and oxygen atoms in total. The van der Waals surface area contributed by atoms with Crippen LogP contribution in [0.25, 0.3) is 0 Å². The number of aliphatic imine (C=N–C) groups is 1. The standard InChI is InChI=1S/C27H33N5O3/c1-18(2)16-27(22-11-6-5-7-12-22)25(35)32(26(28)29-27)19(3)20-9-8-10-21(15-20)24(34)31-14-13-30(4)23(33)17-31/h5-12,15,18-19H,13-14,16-17H2,1-4H3,(H2,28,29). The zero-order valence-corrected chi connectivity index (χ0v) is 20.8. The number of rotatable bonds is 6. The summed E-state index contributed by atoms with van der Waals surface area (Å²) < 4.78 is 0. The molecule has 8 heteroatoms. The van der Waals surface area contributed by atoms with Crippen LogP contribution in [0.2, 0.25) is 0 Å². The number of guanidine groups is 1. The van der Waals surface area contributed by atoms with Crippen molar-refractivity contribution in [2.45, 2.75) is 38.8 Å². The summed E-state index contributed by atoms with van der Waals surface area (Å²) in [6, 6.07) is 16.3. The third-order valence-electron chi connectivity index (χ3n) is 6.83. The van der Waals surface area contributed by atoms with Crippen LogP contribution in [0, 0.1) is 5.92 Å². The molecule has 2 heterocycles. The van der Waals surface area contributed by atoms with Crippen LogP contribution in [0.1, 0.15) is 54.7 Å². The second-order valence-corrected chi connectivity index (χ2v) is 9.81. The number of piperazine rings is 1. The van der Waals surface area contributed by atoms with Crippen LogP contribution in [0.15, 0.2) is 59.6 Å². The summed E-state index contributed by atoms with van der Waals surface area (Å²) in [7, 11) is 1.74. The molecule has 2 aliphatic heterocycles. The van der Waals surface area contributed by atoms with E-state index in [1.54, 1.807) is 39.9 Å². The van der Waals surface area contributed by atoms with Gasteiger partial charge in [0, 0.05) is 25.7 Å². The van der Waals surface area contributed by atoms with E-state index in [0.717, 1.165) is 11.1 Å². The van der Waals surface area contributed by atoms with Crippen LogP contribution in [0.4, 0.5) is 0 Å². The van der Waals surface area contributed by atoms with Crippen molar-refractivity contribution in [3.8, 4) is 0 Å². The maximum atomic E-state index is 13.9. The van der Waals surface area contributed by atoms with E-state index in [9.17, 15) is 14.4 Å². The molecule has 2 N–H and O–H groups in total. The number of amides is 3. The monoisotopic (exact) mass is 475 g/mol. The highest BCUT2D eigenvalue weighted by Gasteiger charge is 2.50. The Morgan fingerprint density at radius 3 is 2.43 bits per heavy atom. The zero-order valence-electron chi connectivity index (χ0n) is 20.8. The van der Waals surface area contributed by atoms with Gasteiger partial charge in [-0.25, -0.2) is 4.99 Å². The fraction of sp³-hybridized carbons (Fsp3) is 0.407. The first-order valence-electron chi connectivity index (χ1n) is 12.0. The fourth-order valence-corrected chi connectivity index (χ4v) is 4.91. The number of hydrogen-bond donors (Lipinski definition) is 1. The van der Waals surface area contributed by atoms with Gasteiger partial charge in [0.05, 0.1) is 6.04 Å². The fourth-order valence-electron chi connectivity index (χ4n) is 4.91. The van der Waals surface area contributed by atoms with Crippen molar-refractivity contribution in [2.75, 3.05) is 26.7 Å². The molecular formula is C27H33N5O3. The van der Waals surface area contributed by atoms with E-state index in [-0.39, 0.29) is 36.1 Å². The van der Waals surface area contributed by atoms with Crippen LogP contribution in [0.3, 0.4) is 0 Å². The molecule has 0 spiro atoms. The molecule has 1 saturated heterocycles. The highest BCUT2D eigenvalue weighted by Crippen LogP contribution is 2.41. The van der Waals surface area contributed by atoms with Gasteiger partial charge in [-0.1, -0.05) is 56.3 Å². The molecule has 3 amide bonds. The molecule has 2 unspecified atom stereocenters. The van der Waals surface area contributed by atoms with Gasteiger partial charge in [0.25, 0.3) is 11.8 Å². The summed E-state index contributed by atoms with van der Waals surface area (Å²) >= 11 is 0. The van der Waals surface area contributed by atoms with Gasteiger partial charge in [0.1, 0.15) is 6.54 Å². The summed E-state index contributed by atoms with van der Waals surface area (Å²) in [4.78, 5) is 48.6. The molecule has 0 bridgehead atoms. The lowest BCUT2D eigenvalue weighted by Crippen LogP contribution is -2.50. The van der Waals surface area contributed by atoms with Gasteiger partial charge in [-0.2, -0.15) is 0 Å². The zero-order chi connectivity index (χ0) is 25.3. The Kier molecular flexibility index (Phi) is 6.65. The SMILES string of the molecule is CC(C)CC1(c2ccccc2)N=C(N)N(C(C)c2cccc(C(=O)N3CCN(C)C(=O)C3)c2)C1=O. The van der Waals surface area contributed by atoms with Crippen molar-refractivity contribution in [1.82, 2.24) is 14.7 Å². The van der Waals surface area contributed by atoms with Crippen LogP contribution < -0.4 is 5.73 Å². The molecule has 2 aliphatic rings. The summed E-state index contributed by atoms with van der Waals surface area (Å²) in [5.74, 6) is -0.0492. The van der Waals surface area contributed by atoms with Crippen LogP contribution in [-0.2, 0) is 15.1 Å². The molecule has 184 valence electrons. The molecule has 0 aromatic heterocycles. The Hall–Kier alpha value is -3.68. The molecule has 35 heavy (non-hydrogen) atoms. The maximum Gasteiger partial charge on any atom is 0.262 e. The molecule has 4 rings (SSSR count). The first-order valence-corrected chi connectivity index (χ1v) is 12.0. The van der Waals surface area contributed by atoms with Crippen molar-refractivity contribution < 1.29 is 14.4 Å². The van der Waals surface area contributed by atoms with Gasteiger partial charge in [-0.3, -0.25) is 19.3 Å². The highest BCUT2D eigenvalue weighted by molar-refractivity contribution is 6.07. The van der Waals surface area contributed by atoms with Crippen LogP contribution in [-0.4, -0.2) is 65.1 Å². The van der Waals surface area contributed by atoms with Crippen molar-refractivity contribution in [1.29, 1.82) is 0 Å². The molecule has 2 atom stereocenters. The van der Waals surface area contributed by atoms with Crippen LogP contribution >= 0.6 is 0 Å². The van der Waals surface area contributed by atoms with Crippen molar-refractivity contribution in [2.24, 2.45) is 16.6 Å². The summed E-state index contributed by atoms with van der Waals surface area (Å²) in [5.41, 5.74) is 7.38. The smallest absolute Gasteiger partial charge is 0.262 e. The van der Waals surface area contributed by atoms with Crippen LogP contribution in [0.5, 0.6) is 0 Å². The second-order valence-electron chi connectivity index (χ2n) is 9.81. The van der Waals surface area contributed by atoms with Gasteiger partial charge in [-0.05, 0) is 42.5 Å². The minimum Gasteiger partial charge on any atom is -0.369 e. The third-order valence-corrected chi connectivity index (χ3v) is 6.83. The molecule has 0 aliphatic carbocycles. The quantitative estimate of drug-likeness (QED) is 0.694. The second kappa shape index (κ2) is 9.52. The number of carbonyl (C=O) groups excluding carboxylic acids is 3. The highest BCUT2D eigenvalue weighted by atomic mass is 16.2. The molecule has 2 aromatic rings. The van der Waals surface area contributed by atoms with E-state index in [0.29, 0.717) is 25.1 Å². The average Bonchev–Trinajstić information content (AvgIpc) is 3.09. The molecule has 2 aromatic carbocycles. The first-order chi connectivity index (χ1) is 16.6. The molecule has 0 radical (unpaired) electrons. The Labute approximate surface area is 206 Å². The lowest BCUT2D eigenvalue weighted by atomic mass is 9.82. The minimum atomic E-state index is -1.07. The lowest BCUT2D eigenvalue weighted by molar-refractivity contribution is -0.134. The summed E-state index contributed by atoms with van der Waals surface area (Å²) in [6.07, 6.45) is 0.537. The molecular weight excluding hydrogens is 442 g/mol. The average molecular weight is 476 g/mol. The number of carbonyl (C=O) groups is 3. The van der Waals surface area contributed by atoms with E-state index in [1.807, 2.05) is 43.3 Å². The number of benzene rings is 2. The van der Waals surface area contributed by atoms with Crippen molar-refractivity contribution in [3.05, 3.63) is 71.3 Å². The Balaban J connectivity index is 1.62. The number of nitrogens with zero attached hydrogens (tertiary/aromatic N) is 4. The van der Waals surface area contributed by atoms with Gasteiger partial charge < -0.3 is 15.5 Å². The predicted octanol–water partition coefficient (Wildman–Crippen LogP) is 2.76. The Bertz CT molecular complexity index is 1160. The largest absolute Gasteiger partial charge is 0.369 e. The predicted molar refractivity (Wildman–Crippen MR) is 134 cm³/mol. The Morgan fingerprint density at radius 2 is 1.77 bits per heavy atom. The van der Waals surface area contributed by atoms with E-state index in [1.165, 1.54) is 0 Å². The van der Waals surface area contributed by atoms with E-state index < -0.39 is 11.6 Å². The van der Waals surface area contributed by atoms with E-state index in [4.69, 9.17) is 10.7 Å². The number of hydrogen-bond acceptors (Lipinski definition) is 5. The van der Waals surface area contributed by atoms with E-state index in [2.05, 4.69) is 13.8 Å². The first kappa shape index (κ1) is 24.4. The van der Waals surface area contributed by atoms with E-state index >= 15 is 0 Å². The number of likely N-dealkylation sites (N-methyl/N-ethyl adjacent to an activating group) is 1. The minimum absolute atomic E-state index is 0.0636. The van der Waals surface area contributed by atoms with Gasteiger partial charge in [-0.15, -0.1) is 0 Å². The lowest BCUT2D eigenvalue weighted by Gasteiger charge is -2.32. The summed E-state index contributed by atoms with van der Waals surface area (Å²) in [6.45, 7) is 7.07. The topological polar surface area (TPSA) is 99.3 Å².